The van der Waals surface area contributed by atoms with E-state index in [0.29, 0.717) is 11.4 Å². The van der Waals surface area contributed by atoms with Crippen LogP contribution in [0.15, 0.2) is 72.8 Å². The van der Waals surface area contributed by atoms with Gasteiger partial charge in [-0.2, -0.15) is 0 Å². The number of hydrogen-bond donors (Lipinski definition) is 1. The molecule has 0 radical (unpaired) electrons. The quantitative estimate of drug-likeness (QED) is 0.475. The van der Waals surface area contributed by atoms with E-state index in [1.165, 1.54) is 12.1 Å². The fourth-order valence-electron chi connectivity index (χ4n) is 3.22. The highest BCUT2D eigenvalue weighted by molar-refractivity contribution is 5.91. The number of nitrogens with zero attached hydrogens (tertiary/aromatic N) is 2. The summed E-state index contributed by atoms with van der Waals surface area (Å²) in [5.74, 6) is 0.401. The molecule has 0 unspecified atom stereocenters. The minimum atomic E-state index is -0.317. The molecule has 28 heavy (non-hydrogen) atoms. The second-order valence-electron chi connectivity index (χ2n) is 6.56. The number of halogens is 1. The van der Waals surface area contributed by atoms with Gasteiger partial charge in [-0.1, -0.05) is 42.0 Å². The minimum absolute atomic E-state index is 0.317. The molecule has 4 nitrogen and oxygen atoms in total. The lowest BCUT2D eigenvalue weighted by Crippen LogP contribution is -1.96. The standard InChI is InChI=1S/C23H19FN2O2/c1-15-3-5-17(6-4-15)22-21(16-7-11-19(24)12-8-16)23(26(27)25-22)18-9-13-20(28-2)14-10-18/h3-14,27H,1-2H3. The summed E-state index contributed by atoms with van der Waals surface area (Å²) in [6.45, 7) is 2.01. The van der Waals surface area contributed by atoms with Gasteiger partial charge in [0.25, 0.3) is 0 Å². The molecule has 1 aromatic heterocycles. The second kappa shape index (κ2) is 7.19. The highest BCUT2D eigenvalue weighted by Crippen LogP contribution is 2.40. The van der Waals surface area contributed by atoms with Gasteiger partial charge >= 0.3 is 0 Å². The van der Waals surface area contributed by atoms with Crippen LogP contribution in [-0.4, -0.2) is 22.3 Å². The van der Waals surface area contributed by atoms with Crippen molar-refractivity contribution in [2.75, 3.05) is 7.11 Å². The number of hydrogen-bond acceptors (Lipinski definition) is 3. The summed E-state index contributed by atoms with van der Waals surface area (Å²) in [6.07, 6.45) is 0. The third-order valence-corrected chi connectivity index (χ3v) is 4.69. The molecule has 1 N–H and O–H groups in total. The largest absolute Gasteiger partial charge is 0.497 e. The Balaban J connectivity index is 1.96. The van der Waals surface area contributed by atoms with E-state index >= 15 is 0 Å². The molecular weight excluding hydrogens is 355 g/mol. The normalized spacial score (nSPS) is 10.8. The summed E-state index contributed by atoms with van der Waals surface area (Å²) in [4.78, 5) is 0.885. The molecule has 140 valence electrons. The van der Waals surface area contributed by atoms with Gasteiger partial charge in [-0.05, 0) is 48.9 Å². The van der Waals surface area contributed by atoms with E-state index < -0.39 is 0 Å². The zero-order valence-electron chi connectivity index (χ0n) is 15.6. The predicted molar refractivity (Wildman–Crippen MR) is 107 cm³/mol. The molecule has 5 heteroatoms. The van der Waals surface area contributed by atoms with E-state index in [-0.39, 0.29) is 5.82 Å². The smallest absolute Gasteiger partial charge is 0.123 e. The monoisotopic (exact) mass is 374 g/mol. The molecule has 4 aromatic rings. The van der Waals surface area contributed by atoms with Crippen LogP contribution in [0.1, 0.15) is 5.56 Å². The van der Waals surface area contributed by atoms with Crippen LogP contribution in [0, 0.1) is 12.7 Å². The van der Waals surface area contributed by atoms with Gasteiger partial charge in [0.15, 0.2) is 0 Å². The Kier molecular flexibility index (Phi) is 4.57. The molecule has 0 bridgehead atoms. The van der Waals surface area contributed by atoms with Crippen molar-refractivity contribution < 1.29 is 14.3 Å². The zero-order valence-corrected chi connectivity index (χ0v) is 15.6. The van der Waals surface area contributed by atoms with Gasteiger partial charge < -0.3 is 9.94 Å². The average Bonchev–Trinajstić information content (AvgIpc) is 3.06. The molecule has 0 fully saturated rings. The van der Waals surface area contributed by atoms with E-state index in [9.17, 15) is 9.60 Å². The van der Waals surface area contributed by atoms with Gasteiger partial charge in [0.2, 0.25) is 0 Å². The second-order valence-corrected chi connectivity index (χ2v) is 6.56. The number of rotatable bonds is 4. The van der Waals surface area contributed by atoms with Gasteiger partial charge in [0.05, 0.1) is 7.11 Å². The summed E-state index contributed by atoms with van der Waals surface area (Å²) >= 11 is 0. The molecule has 0 saturated heterocycles. The van der Waals surface area contributed by atoms with Gasteiger partial charge in [-0.25, -0.2) is 4.39 Å². The lowest BCUT2D eigenvalue weighted by molar-refractivity contribution is 0.154. The van der Waals surface area contributed by atoms with Gasteiger partial charge in [-0.15, -0.1) is 9.94 Å². The Morgan fingerprint density at radius 1 is 0.821 bits per heavy atom. The van der Waals surface area contributed by atoms with Gasteiger partial charge in [-0.3, -0.25) is 0 Å². The van der Waals surface area contributed by atoms with Crippen LogP contribution >= 0.6 is 0 Å². The van der Waals surface area contributed by atoms with Crippen LogP contribution in [0.2, 0.25) is 0 Å². The van der Waals surface area contributed by atoms with Gasteiger partial charge in [0, 0.05) is 16.7 Å². The third-order valence-electron chi connectivity index (χ3n) is 4.69. The lowest BCUT2D eigenvalue weighted by atomic mass is 9.95. The number of aryl methyl sites for hydroxylation is 1. The Morgan fingerprint density at radius 3 is 2.00 bits per heavy atom. The van der Waals surface area contributed by atoms with Crippen LogP contribution in [0.3, 0.4) is 0 Å². The molecule has 0 aliphatic carbocycles. The van der Waals surface area contributed by atoms with Crippen molar-refractivity contribution in [3.05, 3.63) is 84.2 Å². The highest BCUT2D eigenvalue weighted by atomic mass is 19.1. The molecule has 0 saturated carbocycles. The molecule has 0 amide bonds. The van der Waals surface area contributed by atoms with E-state index in [1.54, 1.807) is 19.2 Å². The van der Waals surface area contributed by atoms with Crippen LogP contribution < -0.4 is 4.74 Å². The van der Waals surface area contributed by atoms with E-state index in [4.69, 9.17) is 4.74 Å². The molecule has 0 aliphatic heterocycles. The predicted octanol–water partition coefficient (Wildman–Crippen LogP) is 5.58. The Hall–Kier alpha value is -3.60. The summed E-state index contributed by atoms with van der Waals surface area (Å²) in [7, 11) is 1.60. The summed E-state index contributed by atoms with van der Waals surface area (Å²) < 4.78 is 18.7. The summed E-state index contributed by atoms with van der Waals surface area (Å²) in [5, 5.41) is 15.0. The summed E-state index contributed by atoms with van der Waals surface area (Å²) in [6, 6.07) is 21.5. The molecule has 0 aliphatic rings. The molecule has 4 rings (SSSR count). The third kappa shape index (κ3) is 3.22. The number of benzene rings is 3. The SMILES string of the molecule is COc1ccc(-c2c(-c3ccc(F)cc3)c(-c3ccc(C)cc3)nn2O)cc1. The number of methoxy groups -OCH3 is 1. The molecule has 0 spiro atoms. The maximum atomic E-state index is 13.5. The van der Waals surface area contributed by atoms with Crippen molar-refractivity contribution in [1.82, 2.24) is 9.94 Å². The van der Waals surface area contributed by atoms with Crippen molar-refractivity contribution >= 4 is 0 Å². The fraction of sp³-hybridized carbons (Fsp3) is 0.0870. The average molecular weight is 374 g/mol. The van der Waals surface area contributed by atoms with E-state index in [2.05, 4.69) is 5.10 Å². The number of ether oxygens (including phenoxy) is 1. The first-order chi connectivity index (χ1) is 13.6. The van der Waals surface area contributed by atoms with Crippen LogP contribution in [0.5, 0.6) is 5.75 Å². The minimum Gasteiger partial charge on any atom is -0.497 e. The Bertz CT molecular complexity index is 1100. The van der Waals surface area contributed by atoms with Crippen molar-refractivity contribution in [1.29, 1.82) is 0 Å². The van der Waals surface area contributed by atoms with Crippen molar-refractivity contribution in [3.8, 4) is 39.4 Å². The van der Waals surface area contributed by atoms with Crippen molar-refractivity contribution in [3.63, 3.8) is 0 Å². The number of aromatic nitrogens is 2. The van der Waals surface area contributed by atoms with Crippen LogP contribution in [-0.2, 0) is 0 Å². The Morgan fingerprint density at radius 2 is 1.39 bits per heavy atom. The fourth-order valence-corrected chi connectivity index (χ4v) is 3.22. The highest BCUT2D eigenvalue weighted by Gasteiger charge is 2.22. The molecular formula is C23H19FN2O2. The summed E-state index contributed by atoms with van der Waals surface area (Å²) in [5.41, 5.74) is 5.43. The van der Waals surface area contributed by atoms with E-state index in [1.807, 2.05) is 55.5 Å². The molecule has 3 aromatic carbocycles. The van der Waals surface area contributed by atoms with Crippen molar-refractivity contribution in [2.24, 2.45) is 0 Å². The maximum Gasteiger partial charge on any atom is 0.123 e. The lowest BCUT2D eigenvalue weighted by Gasteiger charge is -2.08. The van der Waals surface area contributed by atoms with Crippen LogP contribution in [0.25, 0.3) is 33.6 Å². The molecule has 0 atom stereocenters. The topological polar surface area (TPSA) is 47.3 Å². The zero-order chi connectivity index (χ0) is 19.7. The van der Waals surface area contributed by atoms with Gasteiger partial charge in [0.1, 0.15) is 23.0 Å². The first-order valence-corrected chi connectivity index (χ1v) is 8.86. The van der Waals surface area contributed by atoms with E-state index in [0.717, 1.165) is 38.4 Å². The van der Waals surface area contributed by atoms with Crippen molar-refractivity contribution in [2.45, 2.75) is 6.92 Å². The Labute approximate surface area is 162 Å². The first-order valence-electron chi connectivity index (χ1n) is 8.86. The maximum absolute atomic E-state index is 13.5. The first kappa shape index (κ1) is 17.8. The van der Waals surface area contributed by atoms with Crippen LogP contribution in [0.4, 0.5) is 4.39 Å². The molecule has 1 heterocycles.